The van der Waals surface area contributed by atoms with Gasteiger partial charge in [0, 0.05) is 43.3 Å². The Kier molecular flexibility index (Phi) is 5.01. The molecule has 0 radical (unpaired) electrons. The van der Waals surface area contributed by atoms with Gasteiger partial charge in [0.1, 0.15) is 5.75 Å². The lowest BCUT2D eigenvalue weighted by atomic mass is 10.1. The van der Waals surface area contributed by atoms with E-state index in [9.17, 15) is 9.59 Å². The van der Waals surface area contributed by atoms with Gasteiger partial charge in [0.05, 0.1) is 5.69 Å². The molecule has 1 N–H and O–H groups in total. The van der Waals surface area contributed by atoms with Crippen LogP contribution in [0.25, 0.3) is 0 Å². The van der Waals surface area contributed by atoms with Crippen molar-refractivity contribution in [3.8, 4) is 5.75 Å². The third-order valence-corrected chi connectivity index (χ3v) is 5.05. The smallest absolute Gasteiger partial charge is 0.262 e. The standard InChI is InChI=1S/C20H20ClN3O3/c21-16-3-1-2-14(10-16)12-23-6-8-24(9-7-23)20(26)15-4-5-17-18(11-15)27-13-19(25)22-17/h1-5,10-11H,6-9,12-13H2,(H,22,25). The average molecular weight is 386 g/mol. The van der Waals surface area contributed by atoms with Gasteiger partial charge >= 0.3 is 0 Å². The van der Waals surface area contributed by atoms with Gasteiger partial charge in [-0.25, -0.2) is 0 Å². The van der Waals surface area contributed by atoms with Gasteiger partial charge in [0.15, 0.2) is 6.61 Å². The van der Waals surface area contributed by atoms with E-state index in [1.54, 1.807) is 18.2 Å². The second-order valence-corrected chi connectivity index (χ2v) is 7.18. The van der Waals surface area contributed by atoms with Gasteiger partial charge in [-0.2, -0.15) is 0 Å². The molecule has 2 aromatic rings. The van der Waals surface area contributed by atoms with Crippen LogP contribution in [0.5, 0.6) is 5.75 Å². The quantitative estimate of drug-likeness (QED) is 0.882. The predicted octanol–water partition coefficient (Wildman–Crippen LogP) is 2.63. The molecule has 7 heteroatoms. The number of amides is 2. The first-order chi connectivity index (χ1) is 13.1. The van der Waals surface area contributed by atoms with E-state index in [1.807, 2.05) is 23.1 Å². The second-order valence-electron chi connectivity index (χ2n) is 6.75. The first-order valence-electron chi connectivity index (χ1n) is 8.91. The number of anilines is 1. The van der Waals surface area contributed by atoms with Gasteiger partial charge in [-0.3, -0.25) is 14.5 Å². The Morgan fingerprint density at radius 3 is 2.70 bits per heavy atom. The summed E-state index contributed by atoms with van der Waals surface area (Å²) < 4.78 is 5.41. The van der Waals surface area contributed by atoms with Crippen LogP contribution in [0, 0.1) is 0 Å². The highest BCUT2D eigenvalue weighted by molar-refractivity contribution is 6.30. The van der Waals surface area contributed by atoms with Crippen molar-refractivity contribution < 1.29 is 14.3 Å². The zero-order chi connectivity index (χ0) is 18.8. The number of hydrogen-bond acceptors (Lipinski definition) is 4. The molecule has 1 fully saturated rings. The van der Waals surface area contributed by atoms with E-state index < -0.39 is 0 Å². The number of carbonyl (C=O) groups is 2. The molecular formula is C20H20ClN3O3. The largest absolute Gasteiger partial charge is 0.482 e. The van der Waals surface area contributed by atoms with Crippen LogP contribution >= 0.6 is 11.6 Å². The molecule has 1 saturated heterocycles. The predicted molar refractivity (Wildman–Crippen MR) is 103 cm³/mol. The Bertz CT molecular complexity index is 879. The maximum Gasteiger partial charge on any atom is 0.262 e. The maximum absolute atomic E-state index is 12.8. The molecule has 2 amide bonds. The zero-order valence-electron chi connectivity index (χ0n) is 14.8. The van der Waals surface area contributed by atoms with Gasteiger partial charge in [0.2, 0.25) is 0 Å². The minimum absolute atomic E-state index is 0.0132. The van der Waals surface area contributed by atoms with Crippen LogP contribution < -0.4 is 10.1 Å². The molecule has 0 atom stereocenters. The fraction of sp³-hybridized carbons (Fsp3) is 0.300. The number of piperazine rings is 1. The Hall–Kier alpha value is -2.57. The lowest BCUT2D eigenvalue weighted by Gasteiger charge is -2.35. The first kappa shape index (κ1) is 17.8. The first-order valence-corrected chi connectivity index (χ1v) is 9.29. The van der Waals surface area contributed by atoms with E-state index in [1.165, 1.54) is 5.56 Å². The van der Waals surface area contributed by atoms with Gasteiger partial charge in [-0.15, -0.1) is 0 Å². The zero-order valence-corrected chi connectivity index (χ0v) is 15.5. The van der Waals surface area contributed by atoms with Crippen LogP contribution in [0.4, 0.5) is 5.69 Å². The summed E-state index contributed by atoms with van der Waals surface area (Å²) in [7, 11) is 0. The van der Waals surface area contributed by atoms with Crippen LogP contribution in [0.1, 0.15) is 15.9 Å². The molecule has 2 aliphatic heterocycles. The average Bonchev–Trinajstić information content (AvgIpc) is 2.68. The van der Waals surface area contributed by atoms with Crippen molar-refractivity contribution in [2.24, 2.45) is 0 Å². The van der Waals surface area contributed by atoms with Crippen LogP contribution in [-0.2, 0) is 11.3 Å². The number of hydrogen-bond donors (Lipinski definition) is 1. The molecule has 6 nitrogen and oxygen atoms in total. The summed E-state index contributed by atoms with van der Waals surface area (Å²) in [4.78, 5) is 28.3. The Morgan fingerprint density at radius 1 is 1.11 bits per heavy atom. The van der Waals surface area contributed by atoms with Crippen LogP contribution in [0.15, 0.2) is 42.5 Å². The number of nitrogens with zero attached hydrogens (tertiary/aromatic N) is 2. The third kappa shape index (κ3) is 4.07. The van der Waals surface area contributed by atoms with E-state index in [4.69, 9.17) is 16.3 Å². The van der Waals surface area contributed by atoms with Gasteiger partial charge in [-0.05, 0) is 35.9 Å². The van der Waals surface area contributed by atoms with Crippen molar-refractivity contribution in [2.45, 2.75) is 6.54 Å². The van der Waals surface area contributed by atoms with Gasteiger partial charge in [0.25, 0.3) is 11.8 Å². The van der Waals surface area contributed by atoms with Gasteiger partial charge < -0.3 is 15.0 Å². The Balaban J connectivity index is 1.37. The molecule has 0 bridgehead atoms. The number of benzene rings is 2. The molecule has 2 aromatic carbocycles. The van der Waals surface area contributed by atoms with Gasteiger partial charge in [-0.1, -0.05) is 23.7 Å². The number of nitrogens with one attached hydrogen (secondary N) is 1. The van der Waals surface area contributed by atoms with Crippen molar-refractivity contribution in [1.29, 1.82) is 0 Å². The SMILES string of the molecule is O=C1COc2cc(C(=O)N3CCN(Cc4cccc(Cl)c4)CC3)ccc2N1. The lowest BCUT2D eigenvalue weighted by molar-refractivity contribution is -0.118. The van der Waals surface area contributed by atoms with E-state index in [2.05, 4.69) is 16.3 Å². The summed E-state index contributed by atoms with van der Waals surface area (Å²) in [6.07, 6.45) is 0. The Morgan fingerprint density at radius 2 is 1.93 bits per heavy atom. The maximum atomic E-state index is 12.8. The molecule has 4 rings (SSSR count). The molecule has 2 aliphatic rings. The van der Waals surface area contributed by atoms with E-state index in [0.29, 0.717) is 30.1 Å². The van der Waals surface area contributed by atoms with Crippen LogP contribution in [0.2, 0.25) is 5.02 Å². The molecule has 0 saturated carbocycles. The fourth-order valence-corrected chi connectivity index (χ4v) is 3.61. The minimum atomic E-state index is -0.183. The summed E-state index contributed by atoms with van der Waals surface area (Å²) in [6, 6.07) is 13.0. The Labute approximate surface area is 162 Å². The summed E-state index contributed by atoms with van der Waals surface area (Å²) >= 11 is 6.05. The van der Waals surface area contributed by atoms with Crippen molar-refractivity contribution in [3.63, 3.8) is 0 Å². The molecule has 0 unspecified atom stereocenters. The molecule has 27 heavy (non-hydrogen) atoms. The second kappa shape index (κ2) is 7.58. The highest BCUT2D eigenvalue weighted by atomic mass is 35.5. The molecule has 2 heterocycles. The number of halogens is 1. The van der Waals surface area contributed by atoms with E-state index >= 15 is 0 Å². The lowest BCUT2D eigenvalue weighted by Crippen LogP contribution is -2.48. The summed E-state index contributed by atoms with van der Waals surface area (Å²) in [5, 5.41) is 3.48. The summed E-state index contributed by atoms with van der Waals surface area (Å²) in [5.74, 6) is 0.346. The van der Waals surface area contributed by atoms with E-state index in [-0.39, 0.29) is 18.4 Å². The van der Waals surface area contributed by atoms with Crippen molar-refractivity contribution in [3.05, 3.63) is 58.6 Å². The molecule has 140 valence electrons. The molecule has 0 aliphatic carbocycles. The van der Waals surface area contributed by atoms with Crippen LogP contribution in [-0.4, -0.2) is 54.4 Å². The van der Waals surface area contributed by atoms with Crippen molar-refractivity contribution in [2.75, 3.05) is 38.1 Å². The highest BCUT2D eigenvalue weighted by Gasteiger charge is 2.24. The number of ether oxygens (including phenoxy) is 1. The summed E-state index contributed by atoms with van der Waals surface area (Å²) in [6.45, 7) is 3.79. The summed E-state index contributed by atoms with van der Waals surface area (Å²) in [5.41, 5.74) is 2.36. The van der Waals surface area contributed by atoms with E-state index in [0.717, 1.165) is 24.7 Å². The molecule has 0 spiro atoms. The number of carbonyl (C=O) groups excluding carboxylic acids is 2. The fourth-order valence-electron chi connectivity index (χ4n) is 3.39. The minimum Gasteiger partial charge on any atom is -0.482 e. The van der Waals surface area contributed by atoms with Crippen LogP contribution in [0.3, 0.4) is 0 Å². The highest BCUT2D eigenvalue weighted by Crippen LogP contribution is 2.29. The normalized spacial score (nSPS) is 17.1. The van der Waals surface area contributed by atoms with Crippen molar-refractivity contribution in [1.82, 2.24) is 9.80 Å². The number of rotatable bonds is 3. The molecular weight excluding hydrogens is 366 g/mol. The topological polar surface area (TPSA) is 61.9 Å². The third-order valence-electron chi connectivity index (χ3n) is 4.82. The monoisotopic (exact) mass is 385 g/mol. The van der Waals surface area contributed by atoms with Crippen molar-refractivity contribution >= 4 is 29.1 Å². The molecule has 0 aromatic heterocycles. The number of fused-ring (bicyclic) bond motifs is 1.